The molecule has 0 atom stereocenters. The molecule has 0 unspecified atom stereocenters. The van der Waals surface area contributed by atoms with Gasteiger partial charge in [0.1, 0.15) is 0 Å². The molecule has 1 N–H and O–H groups in total. The van der Waals surface area contributed by atoms with Gasteiger partial charge in [-0.15, -0.1) is 11.3 Å². The van der Waals surface area contributed by atoms with Crippen molar-refractivity contribution in [2.24, 2.45) is 0 Å². The zero-order valence-electron chi connectivity index (χ0n) is 12.5. The van der Waals surface area contributed by atoms with Crippen molar-refractivity contribution in [3.8, 4) is 0 Å². The minimum atomic E-state index is 0.102. The summed E-state index contributed by atoms with van der Waals surface area (Å²) >= 11 is 1.67. The summed E-state index contributed by atoms with van der Waals surface area (Å²) in [6.45, 7) is 2.89. The second kappa shape index (κ2) is 7.38. The van der Waals surface area contributed by atoms with Crippen molar-refractivity contribution >= 4 is 22.8 Å². The third kappa shape index (κ3) is 4.06. The zero-order valence-corrected chi connectivity index (χ0v) is 13.3. The fourth-order valence-corrected chi connectivity index (χ4v) is 3.27. The second-order valence-corrected chi connectivity index (χ2v) is 6.47. The van der Waals surface area contributed by atoms with Gasteiger partial charge in [-0.25, -0.2) is 0 Å². The van der Waals surface area contributed by atoms with Crippen LogP contribution in [0.1, 0.15) is 16.9 Å². The molecule has 1 aliphatic rings. The SMILES string of the molecule is O=C(CN1CC=C(c2ccccc2)CC1)NCc1cccs1. The lowest BCUT2D eigenvalue weighted by Crippen LogP contribution is -2.38. The molecule has 0 saturated heterocycles. The minimum Gasteiger partial charge on any atom is -0.350 e. The molecule has 1 aromatic carbocycles. The molecule has 0 radical (unpaired) electrons. The Hall–Kier alpha value is -1.91. The maximum absolute atomic E-state index is 12.0. The van der Waals surface area contributed by atoms with E-state index in [4.69, 9.17) is 0 Å². The van der Waals surface area contributed by atoms with Crippen molar-refractivity contribution in [3.63, 3.8) is 0 Å². The maximum atomic E-state index is 12.0. The number of carbonyl (C=O) groups is 1. The van der Waals surface area contributed by atoms with Crippen molar-refractivity contribution in [2.75, 3.05) is 19.6 Å². The van der Waals surface area contributed by atoms with E-state index < -0.39 is 0 Å². The molecule has 0 saturated carbocycles. The minimum absolute atomic E-state index is 0.102. The second-order valence-electron chi connectivity index (χ2n) is 5.44. The van der Waals surface area contributed by atoms with Crippen LogP contribution in [0.25, 0.3) is 5.57 Å². The van der Waals surface area contributed by atoms with E-state index in [1.807, 2.05) is 23.6 Å². The Bertz CT molecular complexity index is 634. The molecule has 4 heteroatoms. The molecule has 1 aliphatic heterocycles. The molecule has 3 nitrogen and oxygen atoms in total. The number of nitrogens with one attached hydrogen (secondary N) is 1. The molecule has 114 valence electrons. The lowest BCUT2D eigenvalue weighted by atomic mass is 10.00. The number of amides is 1. The summed E-state index contributed by atoms with van der Waals surface area (Å²) in [6, 6.07) is 14.5. The monoisotopic (exact) mass is 312 g/mol. The fraction of sp³-hybridized carbons (Fsp3) is 0.278. The van der Waals surface area contributed by atoms with Crippen LogP contribution < -0.4 is 5.32 Å². The van der Waals surface area contributed by atoms with Gasteiger partial charge in [-0.3, -0.25) is 9.69 Å². The van der Waals surface area contributed by atoms with E-state index in [0.29, 0.717) is 13.1 Å². The van der Waals surface area contributed by atoms with Gasteiger partial charge >= 0.3 is 0 Å². The normalized spacial score (nSPS) is 15.4. The smallest absolute Gasteiger partial charge is 0.234 e. The summed E-state index contributed by atoms with van der Waals surface area (Å²) in [4.78, 5) is 15.4. The van der Waals surface area contributed by atoms with Crippen molar-refractivity contribution in [2.45, 2.75) is 13.0 Å². The molecule has 0 aliphatic carbocycles. The molecule has 1 amide bonds. The highest BCUT2D eigenvalue weighted by Gasteiger charge is 2.15. The predicted molar refractivity (Wildman–Crippen MR) is 91.6 cm³/mol. The van der Waals surface area contributed by atoms with Gasteiger partial charge < -0.3 is 5.32 Å². The highest BCUT2D eigenvalue weighted by Crippen LogP contribution is 2.21. The Morgan fingerprint density at radius 3 is 2.73 bits per heavy atom. The van der Waals surface area contributed by atoms with Crippen LogP contribution in [-0.2, 0) is 11.3 Å². The van der Waals surface area contributed by atoms with Crippen LogP contribution in [0.3, 0.4) is 0 Å². The van der Waals surface area contributed by atoms with Gasteiger partial charge in [-0.05, 0) is 29.0 Å². The summed E-state index contributed by atoms with van der Waals surface area (Å²) in [5.74, 6) is 0.102. The maximum Gasteiger partial charge on any atom is 0.234 e. The first-order valence-corrected chi connectivity index (χ1v) is 8.45. The van der Waals surface area contributed by atoms with Crippen LogP contribution in [0.4, 0.5) is 0 Å². The number of nitrogens with zero attached hydrogens (tertiary/aromatic N) is 1. The summed E-state index contributed by atoms with van der Waals surface area (Å²) < 4.78 is 0. The topological polar surface area (TPSA) is 32.3 Å². The van der Waals surface area contributed by atoms with Crippen LogP contribution >= 0.6 is 11.3 Å². The first-order valence-electron chi connectivity index (χ1n) is 7.57. The Labute approximate surface area is 135 Å². The molecule has 2 aromatic rings. The first-order chi connectivity index (χ1) is 10.8. The Balaban J connectivity index is 1.47. The molecular formula is C18H20N2OS. The van der Waals surface area contributed by atoms with Crippen LogP contribution in [0.5, 0.6) is 0 Å². The average Bonchev–Trinajstić information content (AvgIpc) is 3.08. The van der Waals surface area contributed by atoms with Gasteiger partial charge in [0.05, 0.1) is 13.1 Å². The number of benzene rings is 1. The number of thiophene rings is 1. The largest absolute Gasteiger partial charge is 0.350 e. The zero-order chi connectivity index (χ0) is 15.2. The molecule has 1 aromatic heterocycles. The standard InChI is InChI=1S/C18H20N2OS/c21-18(19-13-17-7-4-12-22-17)14-20-10-8-16(9-11-20)15-5-2-1-3-6-15/h1-8,12H,9-11,13-14H2,(H,19,21). The molecular weight excluding hydrogens is 292 g/mol. The van der Waals surface area contributed by atoms with Crippen molar-refractivity contribution in [1.82, 2.24) is 10.2 Å². The van der Waals surface area contributed by atoms with Gasteiger partial charge in [0.2, 0.25) is 5.91 Å². The predicted octanol–water partition coefficient (Wildman–Crippen LogP) is 3.15. The van der Waals surface area contributed by atoms with E-state index >= 15 is 0 Å². The van der Waals surface area contributed by atoms with E-state index in [2.05, 4.69) is 40.6 Å². The van der Waals surface area contributed by atoms with Crippen molar-refractivity contribution in [1.29, 1.82) is 0 Å². The molecule has 3 rings (SSSR count). The third-order valence-corrected chi connectivity index (χ3v) is 4.72. The van der Waals surface area contributed by atoms with E-state index in [-0.39, 0.29) is 5.91 Å². The Morgan fingerprint density at radius 1 is 1.18 bits per heavy atom. The van der Waals surface area contributed by atoms with E-state index in [0.717, 1.165) is 19.5 Å². The van der Waals surface area contributed by atoms with E-state index in [1.54, 1.807) is 11.3 Å². The molecule has 2 heterocycles. The Morgan fingerprint density at radius 2 is 2.05 bits per heavy atom. The quantitative estimate of drug-likeness (QED) is 0.920. The van der Waals surface area contributed by atoms with Crippen LogP contribution in [0.2, 0.25) is 0 Å². The fourth-order valence-electron chi connectivity index (χ4n) is 2.63. The molecule has 22 heavy (non-hydrogen) atoms. The molecule has 0 bridgehead atoms. The summed E-state index contributed by atoms with van der Waals surface area (Å²) in [5.41, 5.74) is 2.68. The van der Waals surface area contributed by atoms with Gasteiger partial charge in [-0.2, -0.15) is 0 Å². The molecule has 0 spiro atoms. The highest BCUT2D eigenvalue weighted by atomic mass is 32.1. The average molecular weight is 312 g/mol. The van der Waals surface area contributed by atoms with Crippen LogP contribution in [-0.4, -0.2) is 30.4 Å². The first kappa shape index (κ1) is 15.0. The number of hydrogen-bond donors (Lipinski definition) is 1. The van der Waals surface area contributed by atoms with Crippen LogP contribution in [0, 0.1) is 0 Å². The van der Waals surface area contributed by atoms with Crippen LogP contribution in [0.15, 0.2) is 53.9 Å². The van der Waals surface area contributed by atoms with Gasteiger partial charge in [0.25, 0.3) is 0 Å². The Kier molecular flexibility index (Phi) is 5.03. The van der Waals surface area contributed by atoms with Crippen molar-refractivity contribution in [3.05, 3.63) is 64.4 Å². The van der Waals surface area contributed by atoms with Gasteiger partial charge in [0, 0.05) is 18.0 Å². The number of rotatable bonds is 5. The number of carbonyl (C=O) groups excluding carboxylic acids is 1. The van der Waals surface area contributed by atoms with E-state index in [1.165, 1.54) is 16.0 Å². The number of hydrogen-bond acceptors (Lipinski definition) is 3. The van der Waals surface area contributed by atoms with E-state index in [9.17, 15) is 4.79 Å². The highest BCUT2D eigenvalue weighted by molar-refractivity contribution is 7.09. The van der Waals surface area contributed by atoms with Gasteiger partial charge in [-0.1, -0.05) is 42.5 Å². The van der Waals surface area contributed by atoms with Gasteiger partial charge in [0.15, 0.2) is 0 Å². The molecule has 0 fully saturated rings. The third-order valence-electron chi connectivity index (χ3n) is 3.84. The summed E-state index contributed by atoms with van der Waals surface area (Å²) in [7, 11) is 0. The van der Waals surface area contributed by atoms with Crippen molar-refractivity contribution < 1.29 is 4.79 Å². The lowest BCUT2D eigenvalue weighted by Gasteiger charge is -2.25. The summed E-state index contributed by atoms with van der Waals surface area (Å²) in [5, 5.41) is 5.01. The lowest BCUT2D eigenvalue weighted by molar-refractivity contribution is -0.122. The summed E-state index contributed by atoms with van der Waals surface area (Å²) in [6.07, 6.45) is 3.24.